The Hall–Kier alpha value is -1.63. The van der Waals surface area contributed by atoms with Crippen LogP contribution in [0.5, 0.6) is 5.75 Å². The molecule has 1 aromatic heterocycles. The zero-order valence-corrected chi connectivity index (χ0v) is 10.8. The second kappa shape index (κ2) is 6.34. The number of aromatic carboxylic acids is 1. The number of carboxylic acids is 1. The molecule has 0 saturated heterocycles. The lowest BCUT2D eigenvalue weighted by Gasteiger charge is -2.07. The minimum absolute atomic E-state index is 0.0339. The van der Waals surface area contributed by atoms with E-state index in [-0.39, 0.29) is 29.6 Å². The highest BCUT2D eigenvalue weighted by molar-refractivity contribution is 7.91. The van der Waals surface area contributed by atoms with Gasteiger partial charge >= 0.3 is 5.97 Å². The molecule has 0 unspecified atom stereocenters. The highest BCUT2D eigenvalue weighted by Crippen LogP contribution is 2.15. The van der Waals surface area contributed by atoms with E-state index < -0.39 is 15.8 Å². The fourth-order valence-corrected chi connectivity index (χ4v) is 2.12. The zero-order chi connectivity index (χ0) is 13.6. The summed E-state index contributed by atoms with van der Waals surface area (Å²) < 4.78 is 27.7. The van der Waals surface area contributed by atoms with Crippen molar-refractivity contribution in [2.24, 2.45) is 0 Å². The van der Waals surface area contributed by atoms with Gasteiger partial charge in [-0.2, -0.15) is 0 Å². The van der Waals surface area contributed by atoms with Crippen LogP contribution in [0.4, 0.5) is 0 Å². The Kier molecular flexibility index (Phi) is 5.08. The Morgan fingerprint density at radius 2 is 2.22 bits per heavy atom. The molecule has 0 spiro atoms. The monoisotopic (exact) mass is 273 g/mol. The third-order valence-electron chi connectivity index (χ3n) is 2.27. The van der Waals surface area contributed by atoms with E-state index in [0.717, 1.165) is 0 Å². The molecule has 0 aliphatic heterocycles. The number of carbonyl (C=O) groups is 1. The maximum absolute atomic E-state index is 11.2. The molecule has 0 aromatic carbocycles. The Morgan fingerprint density at radius 3 is 2.83 bits per heavy atom. The number of rotatable bonds is 7. The fourth-order valence-electron chi connectivity index (χ4n) is 1.27. The van der Waals surface area contributed by atoms with Crippen molar-refractivity contribution in [1.29, 1.82) is 0 Å². The second-order valence-electron chi connectivity index (χ2n) is 3.59. The molecule has 1 heterocycles. The third-order valence-corrected chi connectivity index (χ3v) is 4.06. The van der Waals surface area contributed by atoms with E-state index in [4.69, 9.17) is 9.84 Å². The SMILES string of the molecule is CCS(=O)(=O)CCCOc1cccnc1C(=O)O. The Balaban J connectivity index is 2.52. The summed E-state index contributed by atoms with van der Waals surface area (Å²) in [4.78, 5) is 14.5. The van der Waals surface area contributed by atoms with Crippen LogP contribution < -0.4 is 4.74 Å². The molecule has 1 N–H and O–H groups in total. The van der Waals surface area contributed by atoms with E-state index >= 15 is 0 Å². The molecule has 0 amide bonds. The molecule has 0 bridgehead atoms. The Labute approximate surface area is 106 Å². The molecule has 100 valence electrons. The van der Waals surface area contributed by atoms with Crippen molar-refractivity contribution >= 4 is 15.8 Å². The molecule has 0 fully saturated rings. The van der Waals surface area contributed by atoms with Crippen molar-refractivity contribution in [2.45, 2.75) is 13.3 Å². The van der Waals surface area contributed by atoms with Crippen molar-refractivity contribution in [3.05, 3.63) is 24.0 Å². The quantitative estimate of drug-likeness (QED) is 0.744. The number of carboxylic acid groups (broad SMARTS) is 1. The van der Waals surface area contributed by atoms with Gasteiger partial charge in [0.05, 0.1) is 12.4 Å². The summed E-state index contributed by atoms with van der Waals surface area (Å²) in [5.74, 6) is -0.891. The minimum Gasteiger partial charge on any atom is -0.491 e. The van der Waals surface area contributed by atoms with Gasteiger partial charge in [0.25, 0.3) is 0 Å². The van der Waals surface area contributed by atoms with E-state index in [1.165, 1.54) is 12.3 Å². The van der Waals surface area contributed by atoms with Crippen LogP contribution in [0.1, 0.15) is 23.8 Å². The van der Waals surface area contributed by atoms with Gasteiger partial charge in [0.1, 0.15) is 9.84 Å². The van der Waals surface area contributed by atoms with Crippen LogP contribution in [0.15, 0.2) is 18.3 Å². The highest BCUT2D eigenvalue weighted by atomic mass is 32.2. The number of aromatic nitrogens is 1. The smallest absolute Gasteiger partial charge is 0.358 e. The van der Waals surface area contributed by atoms with Crippen LogP contribution in [0.2, 0.25) is 0 Å². The maximum Gasteiger partial charge on any atom is 0.358 e. The van der Waals surface area contributed by atoms with Crippen molar-refractivity contribution in [1.82, 2.24) is 4.98 Å². The molecule has 0 aliphatic rings. The van der Waals surface area contributed by atoms with Crippen LogP contribution in [-0.2, 0) is 9.84 Å². The Morgan fingerprint density at radius 1 is 1.50 bits per heavy atom. The van der Waals surface area contributed by atoms with Crippen molar-refractivity contribution < 1.29 is 23.1 Å². The van der Waals surface area contributed by atoms with Gasteiger partial charge < -0.3 is 9.84 Å². The largest absolute Gasteiger partial charge is 0.491 e. The van der Waals surface area contributed by atoms with Gasteiger partial charge in [0, 0.05) is 11.9 Å². The summed E-state index contributed by atoms with van der Waals surface area (Å²) in [5, 5.41) is 8.85. The summed E-state index contributed by atoms with van der Waals surface area (Å²) in [6.45, 7) is 1.73. The van der Waals surface area contributed by atoms with Gasteiger partial charge in [-0.3, -0.25) is 0 Å². The summed E-state index contributed by atoms with van der Waals surface area (Å²) in [6, 6.07) is 3.05. The van der Waals surface area contributed by atoms with Gasteiger partial charge in [0.15, 0.2) is 11.4 Å². The molecule has 18 heavy (non-hydrogen) atoms. The van der Waals surface area contributed by atoms with Crippen LogP contribution >= 0.6 is 0 Å². The first-order valence-electron chi connectivity index (χ1n) is 5.48. The summed E-state index contributed by atoms with van der Waals surface area (Å²) in [7, 11) is -3.01. The van der Waals surface area contributed by atoms with Gasteiger partial charge in [-0.1, -0.05) is 6.92 Å². The topological polar surface area (TPSA) is 93.6 Å². The molecular weight excluding hydrogens is 258 g/mol. The molecule has 1 rings (SSSR count). The van der Waals surface area contributed by atoms with E-state index in [2.05, 4.69) is 4.98 Å². The summed E-state index contributed by atoms with van der Waals surface area (Å²) >= 11 is 0. The molecule has 7 heteroatoms. The minimum atomic E-state index is -3.01. The van der Waals surface area contributed by atoms with E-state index in [1.54, 1.807) is 13.0 Å². The fraction of sp³-hybridized carbons (Fsp3) is 0.455. The number of pyridine rings is 1. The molecule has 1 aromatic rings. The normalized spacial score (nSPS) is 11.2. The maximum atomic E-state index is 11.2. The molecule has 0 saturated carbocycles. The lowest BCUT2D eigenvalue weighted by molar-refractivity contribution is 0.0685. The lowest BCUT2D eigenvalue weighted by atomic mass is 10.3. The Bertz CT molecular complexity index is 512. The lowest BCUT2D eigenvalue weighted by Crippen LogP contribution is -2.13. The summed E-state index contributed by atoms with van der Waals surface area (Å²) in [5.41, 5.74) is -0.171. The highest BCUT2D eigenvalue weighted by Gasteiger charge is 2.12. The third kappa shape index (κ3) is 4.33. The number of hydrogen-bond donors (Lipinski definition) is 1. The first-order valence-corrected chi connectivity index (χ1v) is 7.30. The van der Waals surface area contributed by atoms with Gasteiger partial charge in [-0.25, -0.2) is 18.2 Å². The molecule has 0 aliphatic carbocycles. The van der Waals surface area contributed by atoms with Crippen molar-refractivity contribution in [2.75, 3.05) is 18.1 Å². The van der Waals surface area contributed by atoms with Gasteiger partial charge in [-0.05, 0) is 18.6 Å². The predicted octanol–water partition coefficient (Wildman–Crippen LogP) is 0.983. The van der Waals surface area contributed by atoms with Crippen molar-refractivity contribution in [3.8, 4) is 5.75 Å². The van der Waals surface area contributed by atoms with E-state index in [0.29, 0.717) is 6.42 Å². The molecule has 0 atom stereocenters. The molecule has 0 radical (unpaired) electrons. The predicted molar refractivity (Wildman–Crippen MR) is 65.6 cm³/mol. The average Bonchev–Trinajstić information content (AvgIpc) is 2.35. The van der Waals surface area contributed by atoms with Crippen LogP contribution in [0.3, 0.4) is 0 Å². The average molecular weight is 273 g/mol. The second-order valence-corrected chi connectivity index (χ2v) is 6.07. The first-order chi connectivity index (χ1) is 8.46. The number of hydrogen-bond acceptors (Lipinski definition) is 5. The van der Waals surface area contributed by atoms with Gasteiger partial charge in [-0.15, -0.1) is 0 Å². The summed E-state index contributed by atoms with van der Waals surface area (Å²) in [6.07, 6.45) is 1.68. The number of nitrogens with zero attached hydrogens (tertiary/aromatic N) is 1. The number of ether oxygens (including phenoxy) is 1. The van der Waals surface area contributed by atoms with E-state index in [9.17, 15) is 13.2 Å². The zero-order valence-electron chi connectivity index (χ0n) is 10.00. The van der Waals surface area contributed by atoms with Crippen LogP contribution in [-0.4, -0.2) is 42.6 Å². The van der Waals surface area contributed by atoms with Gasteiger partial charge in [0.2, 0.25) is 0 Å². The van der Waals surface area contributed by atoms with Crippen molar-refractivity contribution in [3.63, 3.8) is 0 Å². The number of sulfone groups is 1. The standard InChI is InChI=1S/C11H15NO5S/c1-2-18(15,16)8-4-7-17-9-5-3-6-12-10(9)11(13)14/h3,5-6H,2,4,7-8H2,1H3,(H,13,14). The van der Waals surface area contributed by atoms with Crippen LogP contribution in [0, 0.1) is 0 Å². The molecular formula is C11H15NO5S. The first kappa shape index (κ1) is 14.4. The van der Waals surface area contributed by atoms with Crippen LogP contribution in [0.25, 0.3) is 0 Å². The molecule has 6 nitrogen and oxygen atoms in total. The van der Waals surface area contributed by atoms with E-state index in [1.807, 2.05) is 0 Å².